The zero-order chi connectivity index (χ0) is 13.9. The molecule has 2 rings (SSSR count). The Morgan fingerprint density at radius 2 is 2.11 bits per heavy atom. The van der Waals surface area contributed by atoms with Crippen molar-refractivity contribution in [3.63, 3.8) is 0 Å². The van der Waals surface area contributed by atoms with Crippen LogP contribution in [0, 0.1) is 0 Å². The highest BCUT2D eigenvalue weighted by Crippen LogP contribution is 2.30. The van der Waals surface area contributed by atoms with Crippen LogP contribution in [0.2, 0.25) is 0 Å². The van der Waals surface area contributed by atoms with Crippen molar-refractivity contribution in [3.8, 4) is 5.75 Å². The Balaban J connectivity index is 2.26. The summed E-state index contributed by atoms with van der Waals surface area (Å²) in [4.78, 5) is 0. The average Bonchev–Trinajstić information content (AvgIpc) is 2.85. The largest absolute Gasteiger partial charge is 0.496 e. The first-order valence-electron chi connectivity index (χ1n) is 6.50. The van der Waals surface area contributed by atoms with Gasteiger partial charge in [0, 0.05) is 23.8 Å². The van der Waals surface area contributed by atoms with Gasteiger partial charge in [0.15, 0.2) is 0 Å². The van der Waals surface area contributed by atoms with Crippen molar-refractivity contribution in [1.29, 1.82) is 0 Å². The lowest BCUT2D eigenvalue weighted by molar-refractivity contribution is 0.386. The summed E-state index contributed by atoms with van der Waals surface area (Å²) in [6.45, 7) is 4.96. The van der Waals surface area contributed by atoms with Crippen molar-refractivity contribution in [2.45, 2.75) is 32.4 Å². The van der Waals surface area contributed by atoms with Gasteiger partial charge < -0.3 is 10.5 Å². The number of aromatic nitrogens is 2. The summed E-state index contributed by atoms with van der Waals surface area (Å²) in [5, 5.41) is 4.28. The molecule has 0 bridgehead atoms. The Morgan fingerprint density at radius 1 is 1.37 bits per heavy atom. The van der Waals surface area contributed by atoms with E-state index in [1.54, 1.807) is 7.11 Å². The molecular weight excluding hydrogens is 238 g/mol. The van der Waals surface area contributed by atoms with E-state index in [-0.39, 0.29) is 0 Å². The second-order valence-corrected chi connectivity index (χ2v) is 5.00. The lowest BCUT2D eigenvalue weighted by atomic mass is 9.87. The van der Waals surface area contributed by atoms with Crippen molar-refractivity contribution < 1.29 is 4.74 Å². The molecule has 2 aromatic rings. The van der Waals surface area contributed by atoms with E-state index in [0.29, 0.717) is 0 Å². The molecule has 0 aliphatic heterocycles. The number of aryl methyl sites for hydroxylation is 1. The zero-order valence-electron chi connectivity index (χ0n) is 11.8. The van der Waals surface area contributed by atoms with E-state index in [4.69, 9.17) is 10.5 Å². The van der Waals surface area contributed by atoms with E-state index in [9.17, 15) is 0 Å². The Bertz CT molecular complexity index is 546. The third kappa shape index (κ3) is 2.96. The van der Waals surface area contributed by atoms with Gasteiger partial charge in [0.25, 0.3) is 0 Å². The van der Waals surface area contributed by atoms with Gasteiger partial charge in [-0.3, -0.25) is 4.68 Å². The molecule has 4 heteroatoms. The zero-order valence-corrected chi connectivity index (χ0v) is 11.8. The summed E-state index contributed by atoms with van der Waals surface area (Å²) in [7, 11) is 1.67. The Hall–Kier alpha value is -1.81. The molecule has 0 amide bonds. The number of para-hydroxylation sites is 1. The molecule has 1 unspecified atom stereocenters. The molecule has 1 atom stereocenters. The molecule has 1 aromatic heterocycles. The standard InChI is InChI=1S/C15H21N3O/c1-4-18-11-12(10-17-18)9-15(2,16)13-7-5-6-8-14(13)19-3/h5-8,10-11H,4,9,16H2,1-3H3. The molecule has 0 aliphatic carbocycles. The summed E-state index contributed by atoms with van der Waals surface area (Å²) >= 11 is 0. The van der Waals surface area contributed by atoms with Gasteiger partial charge in [0.2, 0.25) is 0 Å². The normalized spacial score (nSPS) is 14.1. The molecule has 0 saturated carbocycles. The lowest BCUT2D eigenvalue weighted by Crippen LogP contribution is -2.35. The van der Waals surface area contributed by atoms with Crippen LogP contribution < -0.4 is 10.5 Å². The first-order chi connectivity index (χ1) is 9.06. The lowest BCUT2D eigenvalue weighted by Gasteiger charge is -2.26. The fourth-order valence-electron chi connectivity index (χ4n) is 2.31. The number of hydrogen-bond donors (Lipinski definition) is 1. The van der Waals surface area contributed by atoms with Gasteiger partial charge in [0.05, 0.1) is 13.3 Å². The molecule has 1 heterocycles. The maximum atomic E-state index is 6.48. The summed E-state index contributed by atoms with van der Waals surface area (Å²) in [6, 6.07) is 7.89. The van der Waals surface area contributed by atoms with E-state index in [2.05, 4.69) is 12.0 Å². The van der Waals surface area contributed by atoms with Gasteiger partial charge in [-0.15, -0.1) is 0 Å². The molecule has 0 radical (unpaired) electrons. The Kier molecular flexibility index (Phi) is 3.90. The minimum atomic E-state index is -0.478. The number of rotatable bonds is 5. The van der Waals surface area contributed by atoms with Crippen LogP contribution >= 0.6 is 0 Å². The van der Waals surface area contributed by atoms with Crippen LogP contribution in [0.3, 0.4) is 0 Å². The third-order valence-electron chi connectivity index (χ3n) is 3.30. The minimum Gasteiger partial charge on any atom is -0.496 e. The highest BCUT2D eigenvalue weighted by Gasteiger charge is 2.25. The van der Waals surface area contributed by atoms with Gasteiger partial charge in [-0.05, 0) is 31.9 Å². The van der Waals surface area contributed by atoms with Gasteiger partial charge in [-0.1, -0.05) is 18.2 Å². The Labute approximate surface area is 114 Å². The number of nitrogens with zero attached hydrogens (tertiary/aromatic N) is 2. The third-order valence-corrected chi connectivity index (χ3v) is 3.30. The summed E-state index contributed by atoms with van der Waals surface area (Å²) < 4.78 is 7.31. The van der Waals surface area contributed by atoms with Gasteiger partial charge >= 0.3 is 0 Å². The number of benzene rings is 1. The molecule has 0 aliphatic rings. The second-order valence-electron chi connectivity index (χ2n) is 5.00. The van der Waals surface area contributed by atoms with Crippen LogP contribution in [0.1, 0.15) is 25.0 Å². The molecule has 1 aromatic carbocycles. The molecule has 0 fully saturated rings. The van der Waals surface area contributed by atoms with Crippen LogP contribution in [-0.4, -0.2) is 16.9 Å². The first kappa shape index (κ1) is 13.6. The number of nitrogens with two attached hydrogens (primary N) is 1. The second kappa shape index (κ2) is 5.45. The van der Waals surface area contributed by atoms with Crippen LogP contribution in [0.4, 0.5) is 0 Å². The van der Waals surface area contributed by atoms with Crippen LogP contribution in [0.5, 0.6) is 5.75 Å². The van der Waals surface area contributed by atoms with Crippen molar-refractivity contribution in [3.05, 3.63) is 47.8 Å². The van der Waals surface area contributed by atoms with E-state index < -0.39 is 5.54 Å². The smallest absolute Gasteiger partial charge is 0.123 e. The van der Waals surface area contributed by atoms with Gasteiger partial charge in [-0.25, -0.2) is 0 Å². The van der Waals surface area contributed by atoms with E-state index in [1.807, 2.05) is 48.3 Å². The van der Waals surface area contributed by atoms with Crippen LogP contribution in [0.15, 0.2) is 36.7 Å². The monoisotopic (exact) mass is 259 g/mol. The van der Waals surface area contributed by atoms with E-state index >= 15 is 0 Å². The molecule has 0 saturated heterocycles. The van der Waals surface area contributed by atoms with Crippen molar-refractivity contribution in [1.82, 2.24) is 9.78 Å². The number of hydrogen-bond acceptors (Lipinski definition) is 3. The number of ether oxygens (including phenoxy) is 1. The average molecular weight is 259 g/mol. The summed E-state index contributed by atoms with van der Waals surface area (Å²) in [5.74, 6) is 0.829. The van der Waals surface area contributed by atoms with E-state index in [0.717, 1.165) is 29.8 Å². The predicted molar refractivity (Wildman–Crippen MR) is 76.1 cm³/mol. The van der Waals surface area contributed by atoms with E-state index in [1.165, 1.54) is 0 Å². The maximum Gasteiger partial charge on any atom is 0.123 e. The van der Waals surface area contributed by atoms with Crippen molar-refractivity contribution in [2.75, 3.05) is 7.11 Å². The molecule has 19 heavy (non-hydrogen) atoms. The summed E-state index contributed by atoms with van der Waals surface area (Å²) in [6.07, 6.45) is 4.65. The fraction of sp³-hybridized carbons (Fsp3) is 0.400. The molecule has 4 nitrogen and oxygen atoms in total. The minimum absolute atomic E-state index is 0.478. The highest BCUT2D eigenvalue weighted by molar-refractivity contribution is 5.39. The van der Waals surface area contributed by atoms with Crippen LogP contribution in [-0.2, 0) is 18.5 Å². The SMILES string of the molecule is CCn1cc(CC(C)(N)c2ccccc2OC)cn1. The molecular formula is C15H21N3O. The molecule has 0 spiro atoms. The first-order valence-corrected chi connectivity index (χ1v) is 6.50. The highest BCUT2D eigenvalue weighted by atomic mass is 16.5. The topological polar surface area (TPSA) is 53.1 Å². The Morgan fingerprint density at radius 3 is 2.74 bits per heavy atom. The number of methoxy groups -OCH3 is 1. The van der Waals surface area contributed by atoms with Gasteiger partial charge in [0.1, 0.15) is 5.75 Å². The fourth-order valence-corrected chi connectivity index (χ4v) is 2.31. The molecule has 102 valence electrons. The quantitative estimate of drug-likeness (QED) is 0.896. The maximum absolute atomic E-state index is 6.48. The molecule has 2 N–H and O–H groups in total. The van der Waals surface area contributed by atoms with Crippen molar-refractivity contribution >= 4 is 0 Å². The van der Waals surface area contributed by atoms with Crippen molar-refractivity contribution in [2.24, 2.45) is 5.73 Å². The summed E-state index contributed by atoms with van der Waals surface area (Å²) in [5.41, 5.74) is 8.15. The predicted octanol–water partition coefficient (Wildman–Crippen LogP) is 2.33. The van der Waals surface area contributed by atoms with Gasteiger partial charge in [-0.2, -0.15) is 5.10 Å². The van der Waals surface area contributed by atoms with Crippen LogP contribution in [0.25, 0.3) is 0 Å².